The normalized spacial score (nSPS) is 24.9. The van der Waals surface area contributed by atoms with Crippen LogP contribution in [0.1, 0.15) is 6.42 Å². The SMILES string of the molecule is C=C1CC1COS(C)(=O)=O. The molecule has 1 aliphatic rings. The largest absolute Gasteiger partial charge is 0.270 e. The highest BCUT2D eigenvalue weighted by Crippen LogP contribution is 2.35. The van der Waals surface area contributed by atoms with E-state index in [-0.39, 0.29) is 12.5 Å². The smallest absolute Gasteiger partial charge is 0.264 e. The molecule has 3 nitrogen and oxygen atoms in total. The molecule has 0 saturated heterocycles. The summed E-state index contributed by atoms with van der Waals surface area (Å²) in [6, 6.07) is 0. The van der Waals surface area contributed by atoms with Crippen LogP contribution in [0, 0.1) is 5.92 Å². The number of hydrogen-bond acceptors (Lipinski definition) is 3. The lowest BCUT2D eigenvalue weighted by Crippen LogP contribution is -2.05. The molecule has 0 bridgehead atoms. The zero-order chi connectivity index (χ0) is 7.78. The van der Waals surface area contributed by atoms with Gasteiger partial charge in [-0.15, -0.1) is 0 Å². The van der Waals surface area contributed by atoms with Gasteiger partial charge < -0.3 is 0 Å². The Morgan fingerprint density at radius 1 is 1.80 bits per heavy atom. The van der Waals surface area contributed by atoms with E-state index in [0.29, 0.717) is 0 Å². The van der Waals surface area contributed by atoms with E-state index in [1.54, 1.807) is 0 Å². The third-order valence-corrected chi connectivity index (χ3v) is 1.97. The van der Waals surface area contributed by atoms with Crippen molar-refractivity contribution in [3.05, 3.63) is 12.2 Å². The monoisotopic (exact) mass is 162 g/mol. The predicted molar refractivity (Wildman–Crippen MR) is 38.0 cm³/mol. The highest BCUT2D eigenvalue weighted by molar-refractivity contribution is 7.85. The Balaban J connectivity index is 2.24. The van der Waals surface area contributed by atoms with Crippen molar-refractivity contribution in [3.63, 3.8) is 0 Å². The van der Waals surface area contributed by atoms with E-state index in [4.69, 9.17) is 0 Å². The van der Waals surface area contributed by atoms with Crippen LogP contribution in [0.5, 0.6) is 0 Å². The molecule has 0 aromatic carbocycles. The van der Waals surface area contributed by atoms with Crippen molar-refractivity contribution >= 4 is 10.1 Å². The summed E-state index contributed by atoms with van der Waals surface area (Å²) in [5, 5.41) is 0. The Kier molecular flexibility index (Phi) is 1.83. The highest BCUT2D eigenvalue weighted by Gasteiger charge is 2.28. The van der Waals surface area contributed by atoms with Gasteiger partial charge in [-0.2, -0.15) is 8.42 Å². The van der Waals surface area contributed by atoms with Crippen LogP contribution in [0.4, 0.5) is 0 Å². The molecule has 0 spiro atoms. The topological polar surface area (TPSA) is 43.4 Å². The summed E-state index contributed by atoms with van der Waals surface area (Å²) >= 11 is 0. The molecule has 1 rings (SSSR count). The quantitative estimate of drug-likeness (QED) is 0.449. The van der Waals surface area contributed by atoms with Crippen LogP contribution in [0.2, 0.25) is 0 Å². The third-order valence-electron chi connectivity index (χ3n) is 1.41. The van der Waals surface area contributed by atoms with E-state index < -0.39 is 10.1 Å². The number of hydrogen-bond donors (Lipinski definition) is 0. The summed E-state index contributed by atoms with van der Waals surface area (Å²) in [6.45, 7) is 3.95. The van der Waals surface area contributed by atoms with Gasteiger partial charge in [-0.3, -0.25) is 4.18 Å². The van der Waals surface area contributed by atoms with Crippen LogP contribution in [0.25, 0.3) is 0 Å². The highest BCUT2D eigenvalue weighted by atomic mass is 32.2. The first-order valence-corrected chi connectivity index (χ1v) is 4.83. The van der Waals surface area contributed by atoms with Crippen LogP contribution >= 0.6 is 0 Å². The lowest BCUT2D eigenvalue weighted by molar-refractivity contribution is 0.310. The van der Waals surface area contributed by atoms with Crippen molar-refractivity contribution < 1.29 is 12.6 Å². The molecule has 0 aromatic heterocycles. The Hall–Kier alpha value is -0.350. The molecule has 1 fully saturated rings. The minimum atomic E-state index is -3.24. The molecule has 0 aliphatic heterocycles. The maximum Gasteiger partial charge on any atom is 0.264 e. The maximum atomic E-state index is 10.4. The fourth-order valence-corrected chi connectivity index (χ4v) is 1.05. The summed E-state index contributed by atoms with van der Waals surface area (Å²) in [4.78, 5) is 0. The summed E-state index contributed by atoms with van der Waals surface area (Å²) in [5.41, 5.74) is 1.09. The molecule has 1 saturated carbocycles. The zero-order valence-corrected chi connectivity index (χ0v) is 6.65. The molecule has 0 radical (unpaired) electrons. The van der Waals surface area contributed by atoms with Crippen LogP contribution < -0.4 is 0 Å². The molecule has 0 N–H and O–H groups in total. The standard InChI is InChI=1S/C6H10O3S/c1-5-3-6(5)4-9-10(2,7)8/h6H,1,3-4H2,2H3. The van der Waals surface area contributed by atoms with Gasteiger partial charge in [0.2, 0.25) is 0 Å². The first-order chi connectivity index (χ1) is 4.49. The Morgan fingerprint density at radius 3 is 2.60 bits per heavy atom. The second-order valence-electron chi connectivity index (χ2n) is 2.55. The summed E-state index contributed by atoms with van der Waals surface area (Å²) in [5.74, 6) is 0.287. The van der Waals surface area contributed by atoms with E-state index in [1.807, 2.05) is 0 Å². The maximum absolute atomic E-state index is 10.4. The predicted octanol–water partition coefficient (Wildman–Crippen LogP) is 0.539. The van der Waals surface area contributed by atoms with Crippen LogP contribution in [-0.4, -0.2) is 21.3 Å². The van der Waals surface area contributed by atoms with Crippen molar-refractivity contribution in [1.82, 2.24) is 0 Å². The van der Waals surface area contributed by atoms with Crippen LogP contribution in [0.3, 0.4) is 0 Å². The molecule has 0 amide bonds. The molecule has 1 unspecified atom stereocenters. The van der Waals surface area contributed by atoms with Gasteiger partial charge in [0.25, 0.3) is 10.1 Å². The molecule has 10 heavy (non-hydrogen) atoms. The first-order valence-electron chi connectivity index (χ1n) is 3.01. The van der Waals surface area contributed by atoms with E-state index >= 15 is 0 Å². The number of rotatable bonds is 3. The van der Waals surface area contributed by atoms with Gasteiger partial charge in [0.05, 0.1) is 12.9 Å². The van der Waals surface area contributed by atoms with E-state index in [1.165, 1.54) is 0 Å². The molecule has 0 aromatic rings. The molecular weight excluding hydrogens is 152 g/mol. The first kappa shape index (κ1) is 7.75. The van der Waals surface area contributed by atoms with Crippen LogP contribution in [-0.2, 0) is 14.3 Å². The molecule has 4 heteroatoms. The van der Waals surface area contributed by atoms with Gasteiger partial charge in [0, 0.05) is 5.92 Å². The molecule has 1 atom stereocenters. The van der Waals surface area contributed by atoms with Crippen molar-refractivity contribution in [2.45, 2.75) is 6.42 Å². The minimum Gasteiger partial charge on any atom is -0.270 e. The Bertz CT molecular complexity index is 240. The Morgan fingerprint density at radius 2 is 2.30 bits per heavy atom. The van der Waals surface area contributed by atoms with E-state index in [9.17, 15) is 8.42 Å². The average Bonchev–Trinajstić information content (AvgIpc) is 2.40. The fourth-order valence-electron chi connectivity index (χ4n) is 0.640. The van der Waals surface area contributed by atoms with Gasteiger partial charge in [-0.05, 0) is 6.42 Å². The molecule has 58 valence electrons. The summed E-state index contributed by atoms with van der Waals surface area (Å²) in [7, 11) is -3.24. The van der Waals surface area contributed by atoms with E-state index in [2.05, 4.69) is 10.8 Å². The fraction of sp³-hybridized carbons (Fsp3) is 0.667. The van der Waals surface area contributed by atoms with Crippen molar-refractivity contribution in [2.75, 3.05) is 12.9 Å². The van der Waals surface area contributed by atoms with Crippen molar-refractivity contribution in [1.29, 1.82) is 0 Å². The van der Waals surface area contributed by atoms with E-state index in [0.717, 1.165) is 18.2 Å². The van der Waals surface area contributed by atoms with Crippen molar-refractivity contribution in [3.8, 4) is 0 Å². The van der Waals surface area contributed by atoms with Gasteiger partial charge in [0.15, 0.2) is 0 Å². The lowest BCUT2D eigenvalue weighted by Gasteiger charge is -1.95. The summed E-state index contributed by atoms with van der Waals surface area (Å²) < 4.78 is 25.4. The van der Waals surface area contributed by atoms with Gasteiger partial charge in [-0.25, -0.2) is 0 Å². The molecular formula is C6H10O3S. The van der Waals surface area contributed by atoms with Crippen molar-refractivity contribution in [2.24, 2.45) is 5.92 Å². The zero-order valence-electron chi connectivity index (χ0n) is 5.83. The third kappa shape index (κ3) is 2.49. The second-order valence-corrected chi connectivity index (χ2v) is 4.19. The Labute approximate surface area is 60.8 Å². The average molecular weight is 162 g/mol. The van der Waals surface area contributed by atoms with Gasteiger partial charge >= 0.3 is 0 Å². The lowest BCUT2D eigenvalue weighted by atomic mass is 10.4. The van der Waals surface area contributed by atoms with Crippen LogP contribution in [0.15, 0.2) is 12.2 Å². The minimum absolute atomic E-state index is 0.275. The second kappa shape index (κ2) is 2.36. The van der Waals surface area contributed by atoms with Gasteiger partial charge in [0.1, 0.15) is 0 Å². The molecule has 0 heterocycles. The van der Waals surface area contributed by atoms with Gasteiger partial charge in [-0.1, -0.05) is 12.2 Å². The molecule has 1 aliphatic carbocycles. The summed E-state index contributed by atoms with van der Waals surface area (Å²) in [6.07, 6.45) is 1.97.